The SMILES string of the molecule is N#Cc1c(OC(F)F)cc(OC(F)(F)F)cc1C(=O)O. The summed E-state index contributed by atoms with van der Waals surface area (Å²) in [7, 11) is 0. The number of aromatic carboxylic acids is 1. The summed E-state index contributed by atoms with van der Waals surface area (Å²) in [6.45, 7) is -3.45. The Morgan fingerprint density at radius 2 is 1.95 bits per heavy atom. The molecule has 5 nitrogen and oxygen atoms in total. The summed E-state index contributed by atoms with van der Waals surface area (Å²) in [5.41, 5.74) is -1.79. The van der Waals surface area contributed by atoms with E-state index in [1.54, 1.807) is 0 Å². The van der Waals surface area contributed by atoms with E-state index in [4.69, 9.17) is 10.4 Å². The fourth-order valence-electron chi connectivity index (χ4n) is 1.26. The summed E-state index contributed by atoms with van der Waals surface area (Å²) in [5, 5.41) is 17.4. The predicted molar refractivity (Wildman–Crippen MR) is 51.4 cm³/mol. The highest BCUT2D eigenvalue weighted by molar-refractivity contribution is 5.92. The van der Waals surface area contributed by atoms with Gasteiger partial charge in [-0.3, -0.25) is 0 Å². The summed E-state index contributed by atoms with van der Waals surface area (Å²) >= 11 is 0. The van der Waals surface area contributed by atoms with Crippen molar-refractivity contribution in [3.05, 3.63) is 23.3 Å². The van der Waals surface area contributed by atoms with Gasteiger partial charge in [0.2, 0.25) is 0 Å². The molecule has 0 atom stereocenters. The highest BCUT2D eigenvalue weighted by Gasteiger charge is 2.32. The van der Waals surface area contributed by atoms with Gasteiger partial charge >= 0.3 is 18.9 Å². The normalized spacial score (nSPS) is 11.1. The number of nitrogens with zero attached hydrogens (tertiary/aromatic N) is 1. The van der Waals surface area contributed by atoms with Crippen molar-refractivity contribution in [1.82, 2.24) is 0 Å². The Kier molecular flexibility index (Phi) is 4.34. The van der Waals surface area contributed by atoms with Gasteiger partial charge in [0.25, 0.3) is 0 Å². The number of benzene rings is 1. The minimum atomic E-state index is -5.16. The van der Waals surface area contributed by atoms with Gasteiger partial charge in [0.1, 0.15) is 23.1 Å². The summed E-state index contributed by atoms with van der Waals surface area (Å²) in [5.74, 6) is -3.92. The molecule has 0 aliphatic heterocycles. The van der Waals surface area contributed by atoms with Crippen LogP contribution in [0.2, 0.25) is 0 Å². The van der Waals surface area contributed by atoms with Crippen LogP contribution in [0, 0.1) is 11.3 Å². The molecule has 0 spiro atoms. The Labute approximate surface area is 107 Å². The van der Waals surface area contributed by atoms with E-state index in [-0.39, 0.29) is 0 Å². The van der Waals surface area contributed by atoms with E-state index in [2.05, 4.69) is 9.47 Å². The second kappa shape index (κ2) is 5.60. The van der Waals surface area contributed by atoms with E-state index in [9.17, 15) is 26.7 Å². The smallest absolute Gasteiger partial charge is 0.478 e. The van der Waals surface area contributed by atoms with Gasteiger partial charge < -0.3 is 14.6 Å². The lowest BCUT2D eigenvalue weighted by atomic mass is 10.1. The number of alkyl halides is 5. The first-order valence-electron chi connectivity index (χ1n) is 4.66. The topological polar surface area (TPSA) is 79.5 Å². The largest absolute Gasteiger partial charge is 0.573 e. The number of ether oxygens (including phenoxy) is 2. The van der Waals surface area contributed by atoms with E-state index in [0.717, 1.165) is 0 Å². The standard InChI is InChI=1S/C10H4F5NO4/c11-9(12)19-7-2-4(20-10(13,14)15)1-5(8(17)18)6(7)3-16/h1-2,9H,(H,17,18). The van der Waals surface area contributed by atoms with Crippen molar-refractivity contribution in [2.75, 3.05) is 0 Å². The van der Waals surface area contributed by atoms with Crippen LogP contribution in [0.15, 0.2) is 12.1 Å². The van der Waals surface area contributed by atoms with Crippen LogP contribution in [0.4, 0.5) is 22.0 Å². The number of carbonyl (C=O) groups is 1. The van der Waals surface area contributed by atoms with Crippen LogP contribution in [0.1, 0.15) is 15.9 Å². The molecule has 108 valence electrons. The molecular formula is C10H4F5NO4. The predicted octanol–water partition coefficient (Wildman–Crippen LogP) is 2.76. The Morgan fingerprint density at radius 1 is 1.35 bits per heavy atom. The van der Waals surface area contributed by atoms with Gasteiger partial charge in [0.05, 0.1) is 5.56 Å². The van der Waals surface area contributed by atoms with Crippen molar-refractivity contribution in [2.24, 2.45) is 0 Å². The summed E-state index contributed by atoms with van der Waals surface area (Å²) in [6, 6.07) is 2.00. The van der Waals surface area contributed by atoms with Crippen molar-refractivity contribution < 1.29 is 41.3 Å². The molecule has 1 rings (SSSR count). The lowest BCUT2D eigenvalue weighted by Crippen LogP contribution is -2.18. The van der Waals surface area contributed by atoms with Gasteiger partial charge in [-0.15, -0.1) is 13.2 Å². The van der Waals surface area contributed by atoms with Crippen molar-refractivity contribution >= 4 is 5.97 Å². The number of carboxylic acid groups (broad SMARTS) is 1. The average Bonchev–Trinajstić information content (AvgIpc) is 2.25. The Morgan fingerprint density at radius 3 is 2.35 bits per heavy atom. The lowest BCUT2D eigenvalue weighted by Gasteiger charge is -2.13. The van der Waals surface area contributed by atoms with Crippen LogP contribution in [0.25, 0.3) is 0 Å². The molecule has 0 amide bonds. The minimum absolute atomic E-state index is 0.352. The molecule has 0 aliphatic rings. The molecule has 0 unspecified atom stereocenters. The van der Waals surface area contributed by atoms with Crippen LogP contribution >= 0.6 is 0 Å². The quantitative estimate of drug-likeness (QED) is 0.864. The van der Waals surface area contributed by atoms with Crippen LogP contribution in [-0.4, -0.2) is 24.0 Å². The van der Waals surface area contributed by atoms with Gasteiger partial charge in [-0.25, -0.2) is 4.79 Å². The zero-order valence-electron chi connectivity index (χ0n) is 9.24. The number of halogens is 5. The number of hydrogen-bond acceptors (Lipinski definition) is 4. The lowest BCUT2D eigenvalue weighted by molar-refractivity contribution is -0.274. The van der Waals surface area contributed by atoms with Crippen LogP contribution in [-0.2, 0) is 0 Å². The van der Waals surface area contributed by atoms with Crippen molar-refractivity contribution in [1.29, 1.82) is 5.26 Å². The maximum absolute atomic E-state index is 12.1. The molecule has 0 radical (unpaired) electrons. The third-order valence-corrected chi connectivity index (χ3v) is 1.87. The zero-order valence-corrected chi connectivity index (χ0v) is 9.24. The van der Waals surface area contributed by atoms with Crippen molar-refractivity contribution in [3.63, 3.8) is 0 Å². The molecule has 0 fully saturated rings. The fraction of sp³-hybridized carbons (Fsp3) is 0.200. The first-order chi connectivity index (χ1) is 9.14. The molecule has 0 aromatic heterocycles. The molecule has 0 heterocycles. The molecular weight excluding hydrogens is 293 g/mol. The van der Waals surface area contributed by atoms with E-state index >= 15 is 0 Å². The monoisotopic (exact) mass is 297 g/mol. The summed E-state index contributed by atoms with van der Waals surface area (Å²) in [6.07, 6.45) is -5.16. The maximum atomic E-state index is 12.1. The molecule has 0 saturated carbocycles. The number of carboxylic acids is 1. The molecule has 1 N–H and O–H groups in total. The Balaban J connectivity index is 3.40. The van der Waals surface area contributed by atoms with E-state index in [1.165, 1.54) is 6.07 Å². The number of rotatable bonds is 4. The fourth-order valence-corrected chi connectivity index (χ4v) is 1.26. The highest BCUT2D eigenvalue weighted by Crippen LogP contribution is 2.32. The summed E-state index contributed by atoms with van der Waals surface area (Å²) in [4.78, 5) is 10.8. The minimum Gasteiger partial charge on any atom is -0.478 e. The first kappa shape index (κ1) is 15.5. The number of nitriles is 1. The van der Waals surface area contributed by atoms with Gasteiger partial charge in [0, 0.05) is 6.07 Å². The van der Waals surface area contributed by atoms with E-state index < -0.39 is 41.6 Å². The molecule has 1 aromatic carbocycles. The number of hydrogen-bond donors (Lipinski definition) is 1. The third-order valence-electron chi connectivity index (χ3n) is 1.87. The van der Waals surface area contributed by atoms with Crippen molar-refractivity contribution in [3.8, 4) is 17.6 Å². The van der Waals surface area contributed by atoms with Crippen LogP contribution in [0.3, 0.4) is 0 Å². The highest BCUT2D eigenvalue weighted by atomic mass is 19.4. The molecule has 0 aliphatic carbocycles. The van der Waals surface area contributed by atoms with E-state index in [0.29, 0.717) is 12.1 Å². The van der Waals surface area contributed by atoms with Gasteiger partial charge in [-0.2, -0.15) is 14.0 Å². The second-order valence-corrected chi connectivity index (χ2v) is 3.19. The second-order valence-electron chi connectivity index (χ2n) is 3.19. The maximum Gasteiger partial charge on any atom is 0.573 e. The molecule has 1 aromatic rings. The molecule has 10 heteroatoms. The summed E-state index contributed by atoms with van der Waals surface area (Å²) < 4.78 is 67.5. The average molecular weight is 297 g/mol. The third kappa shape index (κ3) is 3.98. The molecule has 0 saturated heterocycles. The van der Waals surface area contributed by atoms with Gasteiger partial charge in [-0.05, 0) is 6.07 Å². The molecule has 0 bridgehead atoms. The first-order valence-corrected chi connectivity index (χ1v) is 4.66. The van der Waals surface area contributed by atoms with Gasteiger partial charge in [-0.1, -0.05) is 0 Å². The van der Waals surface area contributed by atoms with Crippen LogP contribution < -0.4 is 9.47 Å². The Hall–Kier alpha value is -2.57. The van der Waals surface area contributed by atoms with Crippen molar-refractivity contribution in [2.45, 2.75) is 13.0 Å². The van der Waals surface area contributed by atoms with E-state index in [1.807, 2.05) is 0 Å². The Bertz CT molecular complexity index is 564. The van der Waals surface area contributed by atoms with Crippen LogP contribution in [0.5, 0.6) is 11.5 Å². The zero-order chi connectivity index (χ0) is 15.5. The molecule has 20 heavy (non-hydrogen) atoms. The van der Waals surface area contributed by atoms with Gasteiger partial charge in [0.15, 0.2) is 0 Å².